The minimum absolute atomic E-state index is 0.0233. The zero-order valence-corrected chi connectivity index (χ0v) is 15.0. The number of nitrogens with zero attached hydrogens (tertiary/aromatic N) is 3. The van der Waals surface area contributed by atoms with Crippen LogP contribution in [0.25, 0.3) is 10.2 Å². The van der Waals surface area contributed by atoms with Crippen molar-refractivity contribution in [1.29, 1.82) is 0 Å². The molecule has 1 amide bonds. The number of pyridine rings is 1. The van der Waals surface area contributed by atoms with Crippen molar-refractivity contribution in [2.45, 2.75) is 18.9 Å². The first-order valence-corrected chi connectivity index (χ1v) is 9.31. The molecule has 7 heteroatoms. The number of amides is 1. The lowest BCUT2D eigenvalue weighted by Crippen LogP contribution is -2.37. The van der Waals surface area contributed by atoms with Gasteiger partial charge in [0.1, 0.15) is 5.69 Å². The summed E-state index contributed by atoms with van der Waals surface area (Å²) in [5, 5.41) is 1.14. The van der Waals surface area contributed by atoms with Gasteiger partial charge in [-0.1, -0.05) is 35.1 Å². The van der Waals surface area contributed by atoms with Crippen LogP contribution in [0.15, 0.2) is 42.6 Å². The molecule has 1 aromatic carbocycles. The van der Waals surface area contributed by atoms with E-state index in [0.29, 0.717) is 22.4 Å². The molecule has 1 aliphatic rings. The Hall–Kier alpha value is -2.02. The molecule has 0 bridgehead atoms. The van der Waals surface area contributed by atoms with Crippen molar-refractivity contribution in [3.8, 4) is 0 Å². The van der Waals surface area contributed by atoms with Crippen LogP contribution in [0.2, 0.25) is 5.02 Å². The SMILES string of the molecule is O=C(c1cc(Cl)ccn1)N(C[C@@H]1CCCO1)c1nc2ccccc2s1. The van der Waals surface area contributed by atoms with Crippen LogP contribution in [0.4, 0.5) is 5.13 Å². The number of ether oxygens (including phenoxy) is 1. The van der Waals surface area contributed by atoms with Crippen LogP contribution in [0.1, 0.15) is 23.3 Å². The van der Waals surface area contributed by atoms with Crippen molar-refractivity contribution in [2.24, 2.45) is 0 Å². The largest absolute Gasteiger partial charge is 0.376 e. The fraction of sp³-hybridized carbons (Fsp3) is 0.278. The number of thiazole rings is 1. The molecule has 0 aliphatic carbocycles. The van der Waals surface area contributed by atoms with Gasteiger partial charge in [0.15, 0.2) is 5.13 Å². The second kappa shape index (κ2) is 7.07. The van der Waals surface area contributed by atoms with Crippen LogP contribution in [0.5, 0.6) is 0 Å². The Labute approximate surface area is 154 Å². The van der Waals surface area contributed by atoms with Crippen LogP contribution in [-0.4, -0.2) is 35.1 Å². The minimum atomic E-state index is -0.211. The van der Waals surface area contributed by atoms with Gasteiger partial charge in [0, 0.05) is 17.8 Å². The lowest BCUT2D eigenvalue weighted by Gasteiger charge is -2.22. The summed E-state index contributed by atoms with van der Waals surface area (Å²) >= 11 is 7.52. The van der Waals surface area contributed by atoms with Crippen LogP contribution in [0.3, 0.4) is 0 Å². The molecule has 0 spiro atoms. The van der Waals surface area contributed by atoms with Gasteiger partial charge in [-0.15, -0.1) is 0 Å². The van der Waals surface area contributed by atoms with Gasteiger partial charge in [-0.05, 0) is 37.1 Å². The summed E-state index contributed by atoms with van der Waals surface area (Å²) in [5.41, 5.74) is 1.19. The van der Waals surface area contributed by atoms with Crippen LogP contribution in [0, 0.1) is 0 Å². The molecule has 25 heavy (non-hydrogen) atoms. The van der Waals surface area contributed by atoms with Crippen molar-refractivity contribution in [3.63, 3.8) is 0 Å². The number of benzene rings is 1. The number of para-hydroxylation sites is 1. The molecule has 1 atom stereocenters. The molecule has 3 aromatic rings. The Morgan fingerprint density at radius 3 is 3.00 bits per heavy atom. The highest BCUT2D eigenvalue weighted by Gasteiger charge is 2.27. The maximum absolute atomic E-state index is 13.1. The molecule has 4 rings (SSSR count). The number of hydrogen-bond donors (Lipinski definition) is 0. The Morgan fingerprint density at radius 1 is 1.36 bits per heavy atom. The first kappa shape index (κ1) is 16.4. The number of carbonyl (C=O) groups excluding carboxylic acids is 1. The van der Waals surface area contributed by atoms with Crippen LogP contribution < -0.4 is 4.90 Å². The van der Waals surface area contributed by atoms with Crippen molar-refractivity contribution < 1.29 is 9.53 Å². The lowest BCUT2D eigenvalue weighted by atomic mass is 10.2. The van der Waals surface area contributed by atoms with Crippen molar-refractivity contribution in [3.05, 3.63) is 53.3 Å². The van der Waals surface area contributed by atoms with Gasteiger partial charge in [0.2, 0.25) is 0 Å². The fourth-order valence-corrected chi connectivity index (χ4v) is 4.01. The highest BCUT2D eigenvalue weighted by molar-refractivity contribution is 7.22. The van der Waals surface area contributed by atoms with Crippen molar-refractivity contribution in [2.75, 3.05) is 18.1 Å². The summed E-state index contributed by atoms with van der Waals surface area (Å²) in [7, 11) is 0. The molecule has 3 heterocycles. The van der Waals surface area contributed by atoms with Crippen LogP contribution >= 0.6 is 22.9 Å². The zero-order chi connectivity index (χ0) is 17.2. The summed E-state index contributed by atoms with van der Waals surface area (Å²) in [6, 6.07) is 11.1. The Balaban J connectivity index is 1.71. The molecule has 2 aromatic heterocycles. The highest BCUT2D eigenvalue weighted by Crippen LogP contribution is 2.30. The fourth-order valence-electron chi connectivity index (χ4n) is 2.88. The Morgan fingerprint density at radius 2 is 2.24 bits per heavy atom. The van der Waals surface area contributed by atoms with Gasteiger partial charge in [-0.2, -0.15) is 0 Å². The van der Waals surface area contributed by atoms with E-state index in [9.17, 15) is 4.79 Å². The van der Waals surface area contributed by atoms with E-state index in [4.69, 9.17) is 16.3 Å². The second-order valence-corrected chi connectivity index (χ2v) is 7.32. The maximum atomic E-state index is 13.1. The summed E-state index contributed by atoms with van der Waals surface area (Å²) in [5.74, 6) is -0.211. The van der Waals surface area contributed by atoms with Crippen molar-refractivity contribution in [1.82, 2.24) is 9.97 Å². The molecule has 1 saturated heterocycles. The second-order valence-electron chi connectivity index (χ2n) is 5.87. The van der Waals surface area contributed by atoms with Gasteiger partial charge in [-0.25, -0.2) is 4.98 Å². The molecular weight excluding hydrogens is 358 g/mol. The third kappa shape index (κ3) is 3.51. The third-order valence-corrected chi connectivity index (χ3v) is 5.40. The number of anilines is 1. The monoisotopic (exact) mass is 373 g/mol. The van der Waals surface area contributed by atoms with Gasteiger partial charge in [-0.3, -0.25) is 14.7 Å². The summed E-state index contributed by atoms with van der Waals surface area (Å²) in [4.78, 5) is 23.6. The van der Waals surface area contributed by atoms with E-state index in [2.05, 4.69) is 9.97 Å². The topological polar surface area (TPSA) is 55.3 Å². The number of hydrogen-bond acceptors (Lipinski definition) is 5. The van der Waals surface area contributed by atoms with Gasteiger partial charge >= 0.3 is 0 Å². The summed E-state index contributed by atoms with van der Waals surface area (Å²) in [6.45, 7) is 1.20. The van der Waals surface area contributed by atoms with Gasteiger partial charge in [0.05, 0.1) is 22.9 Å². The van der Waals surface area contributed by atoms with E-state index >= 15 is 0 Å². The van der Waals surface area contributed by atoms with E-state index in [1.165, 1.54) is 17.5 Å². The first-order chi connectivity index (χ1) is 12.2. The molecule has 0 unspecified atom stereocenters. The molecule has 128 valence electrons. The predicted octanol–water partition coefficient (Wildman–Crippen LogP) is 4.17. The highest BCUT2D eigenvalue weighted by atomic mass is 35.5. The lowest BCUT2D eigenvalue weighted by molar-refractivity contribution is 0.0913. The van der Waals surface area contributed by atoms with Gasteiger partial charge < -0.3 is 4.74 Å². The number of fused-ring (bicyclic) bond motifs is 1. The standard InChI is InChI=1S/C18H16ClN3O2S/c19-12-7-8-20-15(10-12)17(23)22(11-13-4-3-9-24-13)18-21-14-5-1-2-6-16(14)25-18/h1-2,5-8,10,13H,3-4,9,11H2/t13-/m0/s1. The first-order valence-electron chi connectivity index (χ1n) is 8.11. The average molecular weight is 374 g/mol. The van der Waals surface area contributed by atoms with E-state index in [1.807, 2.05) is 24.3 Å². The van der Waals surface area contributed by atoms with E-state index in [1.54, 1.807) is 17.0 Å². The molecule has 1 fully saturated rings. The zero-order valence-electron chi connectivity index (χ0n) is 13.4. The smallest absolute Gasteiger partial charge is 0.278 e. The van der Waals surface area contributed by atoms with Crippen LogP contribution in [-0.2, 0) is 4.74 Å². The predicted molar refractivity (Wildman–Crippen MR) is 99.5 cm³/mol. The number of carbonyl (C=O) groups is 1. The molecule has 5 nitrogen and oxygen atoms in total. The number of halogens is 1. The van der Waals surface area contributed by atoms with E-state index in [0.717, 1.165) is 29.7 Å². The average Bonchev–Trinajstić information content (AvgIpc) is 3.28. The van der Waals surface area contributed by atoms with Crippen molar-refractivity contribution >= 4 is 44.2 Å². The summed E-state index contributed by atoms with van der Waals surface area (Å²) in [6.07, 6.45) is 3.52. The number of rotatable bonds is 4. The van der Waals surface area contributed by atoms with Gasteiger partial charge in [0.25, 0.3) is 5.91 Å². The van der Waals surface area contributed by atoms with E-state index < -0.39 is 0 Å². The third-order valence-electron chi connectivity index (χ3n) is 4.11. The Kier molecular flexibility index (Phi) is 4.65. The molecule has 0 N–H and O–H groups in total. The quantitative estimate of drug-likeness (QED) is 0.688. The normalized spacial score (nSPS) is 17.1. The molecule has 0 saturated carbocycles. The molecular formula is C18H16ClN3O2S. The number of aromatic nitrogens is 2. The summed E-state index contributed by atoms with van der Waals surface area (Å²) < 4.78 is 6.77. The minimum Gasteiger partial charge on any atom is -0.376 e. The maximum Gasteiger partial charge on any atom is 0.278 e. The van der Waals surface area contributed by atoms with E-state index in [-0.39, 0.29) is 12.0 Å². The molecule has 1 aliphatic heterocycles. The Bertz CT molecular complexity index is 875. The molecule has 0 radical (unpaired) electrons.